The maximum absolute atomic E-state index is 12.9. The van der Waals surface area contributed by atoms with Gasteiger partial charge in [-0.2, -0.15) is 13.2 Å². The van der Waals surface area contributed by atoms with Gasteiger partial charge in [0.15, 0.2) is 0 Å². The monoisotopic (exact) mass is 368 g/mol. The van der Waals surface area contributed by atoms with Gasteiger partial charge >= 0.3 is 12.3 Å². The lowest BCUT2D eigenvalue weighted by molar-refractivity contribution is -0.137. The first-order valence-corrected chi connectivity index (χ1v) is 7.71. The number of alkyl halides is 3. The highest BCUT2D eigenvalue weighted by Crippen LogP contribution is 2.32. The lowest BCUT2D eigenvalue weighted by Crippen LogP contribution is -2.61. The number of hydrogen-bond acceptors (Lipinski definition) is 4. The van der Waals surface area contributed by atoms with Crippen molar-refractivity contribution in [3.63, 3.8) is 0 Å². The normalized spacial score (nSPS) is 14.8. The van der Waals surface area contributed by atoms with Gasteiger partial charge in [0.05, 0.1) is 18.2 Å². The second-order valence-corrected chi connectivity index (χ2v) is 5.90. The van der Waals surface area contributed by atoms with E-state index < -0.39 is 23.7 Å². The molecular weight excluding hydrogens is 353 g/mol. The van der Waals surface area contributed by atoms with Crippen LogP contribution in [-0.2, 0) is 11.0 Å². The van der Waals surface area contributed by atoms with Crippen molar-refractivity contribution in [2.45, 2.75) is 12.2 Å². The average Bonchev–Trinajstić information content (AvgIpc) is 2.54. The van der Waals surface area contributed by atoms with E-state index in [1.165, 1.54) is 12.3 Å². The second kappa shape index (κ2) is 6.70. The molecule has 3 N–H and O–H groups in total. The van der Waals surface area contributed by atoms with Crippen LogP contribution in [0.2, 0.25) is 0 Å². The quantitative estimate of drug-likeness (QED) is 0.769. The molecule has 0 aliphatic carbocycles. The van der Waals surface area contributed by atoms with Gasteiger partial charge in [-0.25, -0.2) is 9.78 Å². The summed E-state index contributed by atoms with van der Waals surface area (Å²) in [6.45, 7) is 0.233. The summed E-state index contributed by atoms with van der Waals surface area (Å²) in [5.74, 6) is -0.227. The predicted molar refractivity (Wildman–Crippen MR) is 86.8 cm³/mol. The summed E-state index contributed by atoms with van der Waals surface area (Å²) in [6.07, 6.45) is -4.08. The van der Waals surface area contributed by atoms with Crippen LogP contribution in [-0.4, -0.2) is 52.7 Å². The Morgan fingerprint density at radius 3 is 2.65 bits per heavy atom. The van der Waals surface area contributed by atoms with E-state index in [4.69, 9.17) is 5.11 Å². The highest BCUT2D eigenvalue weighted by molar-refractivity contribution is 5.93. The average molecular weight is 368 g/mol. The molecule has 0 bridgehead atoms. The third kappa shape index (κ3) is 3.79. The number of carbonyl (C=O) groups excluding carboxylic acids is 1. The van der Waals surface area contributed by atoms with Crippen LogP contribution in [0.25, 0.3) is 10.8 Å². The molecule has 0 radical (unpaired) electrons. The zero-order valence-corrected chi connectivity index (χ0v) is 13.4. The van der Waals surface area contributed by atoms with Crippen molar-refractivity contribution in [1.29, 1.82) is 0 Å². The van der Waals surface area contributed by atoms with Crippen molar-refractivity contribution >= 4 is 28.6 Å². The molecule has 0 unspecified atom stereocenters. The van der Waals surface area contributed by atoms with Gasteiger partial charge in [-0.05, 0) is 23.6 Å². The zero-order chi connectivity index (χ0) is 18.9. The van der Waals surface area contributed by atoms with Gasteiger partial charge in [0.2, 0.25) is 5.91 Å². The fraction of sp³-hybridized carbons (Fsp3) is 0.312. The molecule has 138 valence electrons. The Kier molecular flexibility index (Phi) is 4.58. The molecule has 7 nitrogen and oxygen atoms in total. The Hall–Kier alpha value is -3.04. The molecule has 1 fully saturated rings. The molecule has 1 aliphatic rings. The molecule has 0 saturated carbocycles. The maximum atomic E-state index is 12.9. The lowest BCUT2D eigenvalue weighted by Gasteiger charge is -2.37. The zero-order valence-electron chi connectivity index (χ0n) is 13.4. The number of anilines is 1. The minimum Gasteiger partial charge on any atom is -0.465 e. The molecule has 3 rings (SSSR count). The number of halogens is 3. The number of fused-ring (bicyclic) bond motifs is 1. The number of nitrogens with zero attached hydrogens (tertiary/aromatic N) is 2. The summed E-state index contributed by atoms with van der Waals surface area (Å²) in [7, 11) is 0. The molecule has 0 atom stereocenters. The van der Waals surface area contributed by atoms with Crippen LogP contribution in [0.5, 0.6) is 0 Å². The molecule has 1 saturated heterocycles. The van der Waals surface area contributed by atoms with Gasteiger partial charge in [0.25, 0.3) is 0 Å². The van der Waals surface area contributed by atoms with Crippen LogP contribution in [0, 0.1) is 0 Å². The first-order chi connectivity index (χ1) is 12.2. The van der Waals surface area contributed by atoms with Crippen molar-refractivity contribution in [2.24, 2.45) is 0 Å². The number of carboxylic acid groups (broad SMARTS) is 1. The maximum Gasteiger partial charge on any atom is 0.416 e. The number of pyridine rings is 1. The van der Waals surface area contributed by atoms with E-state index in [2.05, 4.69) is 15.6 Å². The summed E-state index contributed by atoms with van der Waals surface area (Å²) in [5, 5.41) is 14.9. The third-order valence-corrected chi connectivity index (χ3v) is 4.03. The molecule has 2 amide bonds. The first-order valence-electron chi connectivity index (χ1n) is 7.71. The standard InChI is InChI=1S/C16H15F3N4O3/c17-16(18,19)10-2-1-9-3-4-20-14(12(9)5-10)21-6-13(24)22-11-7-23(8-11)15(25)26/h1-5,11H,6-8H2,(H,20,21)(H,22,24)(H,25,26). The second-order valence-electron chi connectivity index (χ2n) is 5.90. The highest BCUT2D eigenvalue weighted by Gasteiger charge is 2.32. The van der Waals surface area contributed by atoms with Crippen LogP contribution >= 0.6 is 0 Å². The number of benzene rings is 1. The van der Waals surface area contributed by atoms with Crippen molar-refractivity contribution in [3.8, 4) is 0 Å². The molecule has 2 heterocycles. The number of hydrogen-bond donors (Lipinski definition) is 3. The number of nitrogens with one attached hydrogen (secondary N) is 2. The van der Waals surface area contributed by atoms with E-state index >= 15 is 0 Å². The summed E-state index contributed by atoms with van der Waals surface area (Å²) < 4.78 is 38.7. The Morgan fingerprint density at radius 2 is 2.00 bits per heavy atom. The third-order valence-electron chi connectivity index (χ3n) is 4.03. The van der Waals surface area contributed by atoms with Crippen molar-refractivity contribution in [3.05, 3.63) is 36.0 Å². The van der Waals surface area contributed by atoms with Crippen LogP contribution in [0.4, 0.5) is 23.8 Å². The topological polar surface area (TPSA) is 94.6 Å². The van der Waals surface area contributed by atoms with Crippen LogP contribution in [0.1, 0.15) is 5.56 Å². The molecule has 1 aromatic carbocycles. The number of rotatable bonds is 4. The number of carbonyl (C=O) groups is 2. The highest BCUT2D eigenvalue weighted by atomic mass is 19.4. The lowest BCUT2D eigenvalue weighted by atomic mass is 10.1. The Labute approximate surface area is 145 Å². The predicted octanol–water partition coefficient (Wildman–Crippen LogP) is 2.14. The van der Waals surface area contributed by atoms with E-state index in [9.17, 15) is 22.8 Å². The van der Waals surface area contributed by atoms with E-state index in [0.717, 1.165) is 17.0 Å². The van der Waals surface area contributed by atoms with Crippen LogP contribution in [0.3, 0.4) is 0 Å². The van der Waals surface area contributed by atoms with Gasteiger partial charge in [-0.3, -0.25) is 4.79 Å². The van der Waals surface area contributed by atoms with E-state index in [0.29, 0.717) is 5.39 Å². The smallest absolute Gasteiger partial charge is 0.416 e. The van der Waals surface area contributed by atoms with Gasteiger partial charge in [-0.15, -0.1) is 0 Å². The number of aromatic nitrogens is 1. The van der Waals surface area contributed by atoms with Gasteiger partial charge < -0.3 is 20.6 Å². The van der Waals surface area contributed by atoms with Gasteiger partial charge in [0, 0.05) is 24.7 Å². The number of amides is 2. The van der Waals surface area contributed by atoms with Crippen LogP contribution < -0.4 is 10.6 Å². The van der Waals surface area contributed by atoms with E-state index in [-0.39, 0.29) is 36.9 Å². The molecule has 1 aromatic heterocycles. The van der Waals surface area contributed by atoms with E-state index in [1.807, 2.05) is 0 Å². The number of likely N-dealkylation sites (tertiary alicyclic amines) is 1. The van der Waals surface area contributed by atoms with Crippen LogP contribution in [0.15, 0.2) is 30.5 Å². The molecule has 0 spiro atoms. The Balaban J connectivity index is 1.65. The summed E-state index contributed by atoms with van der Waals surface area (Å²) in [5.41, 5.74) is -0.797. The fourth-order valence-corrected chi connectivity index (χ4v) is 2.65. The van der Waals surface area contributed by atoms with Gasteiger partial charge in [-0.1, -0.05) is 6.07 Å². The van der Waals surface area contributed by atoms with Crippen molar-refractivity contribution < 1.29 is 27.9 Å². The largest absolute Gasteiger partial charge is 0.465 e. The summed E-state index contributed by atoms with van der Waals surface area (Å²) >= 11 is 0. The summed E-state index contributed by atoms with van der Waals surface area (Å²) in [4.78, 5) is 27.7. The van der Waals surface area contributed by atoms with E-state index in [1.54, 1.807) is 6.07 Å². The van der Waals surface area contributed by atoms with Gasteiger partial charge in [0.1, 0.15) is 5.82 Å². The minimum atomic E-state index is -4.47. The molecule has 2 aromatic rings. The Bertz CT molecular complexity index is 850. The summed E-state index contributed by atoms with van der Waals surface area (Å²) in [6, 6.07) is 4.64. The molecule has 26 heavy (non-hydrogen) atoms. The van der Waals surface area contributed by atoms with Crippen molar-refractivity contribution in [1.82, 2.24) is 15.2 Å². The first kappa shape index (κ1) is 17.8. The Morgan fingerprint density at radius 1 is 1.27 bits per heavy atom. The minimum absolute atomic E-state index is 0.171. The fourth-order valence-electron chi connectivity index (χ4n) is 2.65. The van der Waals surface area contributed by atoms with Crippen molar-refractivity contribution in [2.75, 3.05) is 25.0 Å². The molecule has 10 heteroatoms. The molecule has 1 aliphatic heterocycles. The SMILES string of the molecule is O=C(CNc1nccc2ccc(C(F)(F)F)cc12)NC1CN(C(=O)O)C1. The molecular formula is C16H15F3N4O3.